The van der Waals surface area contributed by atoms with Gasteiger partial charge in [0.15, 0.2) is 0 Å². The molecule has 2 aromatic rings. The summed E-state index contributed by atoms with van der Waals surface area (Å²) in [6.45, 7) is 0. The fourth-order valence-electron chi connectivity index (χ4n) is 1.14. The van der Waals surface area contributed by atoms with Crippen molar-refractivity contribution in [1.29, 1.82) is 0 Å². The Morgan fingerprint density at radius 3 is 2.79 bits per heavy atom. The van der Waals surface area contributed by atoms with Crippen molar-refractivity contribution in [2.75, 3.05) is 0 Å². The molecule has 1 N–H and O–H groups in total. The van der Waals surface area contributed by atoms with Crippen LogP contribution in [0.1, 0.15) is 16.1 Å². The van der Waals surface area contributed by atoms with Gasteiger partial charge in [0.2, 0.25) is 5.78 Å². The van der Waals surface area contributed by atoms with Gasteiger partial charge in [-0.25, -0.2) is 4.98 Å². The minimum Gasteiger partial charge on any atom is -0.359 e. The molecule has 2 aromatic heterocycles. The lowest BCUT2D eigenvalue weighted by atomic mass is 10.1. The van der Waals surface area contributed by atoms with Gasteiger partial charge in [0.25, 0.3) is 0 Å². The van der Waals surface area contributed by atoms with Crippen molar-refractivity contribution in [2.45, 2.75) is 0 Å². The number of aromatic nitrogens is 2. The van der Waals surface area contributed by atoms with Crippen molar-refractivity contribution in [2.24, 2.45) is 0 Å². The monoisotopic (exact) mass is 206 g/mol. The molecule has 0 atom stereocenters. The largest absolute Gasteiger partial charge is 0.359 e. The number of nitrogens with zero attached hydrogens (tertiary/aromatic N) is 1. The third-order valence-corrected chi connectivity index (χ3v) is 2.06. The molecular formula is C10H7ClN2O. The number of aromatic amines is 1. The zero-order valence-electron chi connectivity index (χ0n) is 7.20. The molecule has 0 saturated carbocycles. The highest BCUT2D eigenvalue weighted by Gasteiger charge is 2.09. The molecule has 0 aliphatic heterocycles. The van der Waals surface area contributed by atoms with E-state index < -0.39 is 0 Å². The summed E-state index contributed by atoms with van der Waals surface area (Å²) in [5, 5.41) is 0.382. The first-order chi connectivity index (χ1) is 6.77. The summed E-state index contributed by atoms with van der Waals surface area (Å²) in [6, 6.07) is 6.74. The van der Waals surface area contributed by atoms with E-state index in [1.54, 1.807) is 30.5 Å². The van der Waals surface area contributed by atoms with Gasteiger partial charge in [0.05, 0.1) is 5.69 Å². The molecule has 14 heavy (non-hydrogen) atoms. The molecule has 0 aliphatic carbocycles. The van der Waals surface area contributed by atoms with Gasteiger partial charge in [0.1, 0.15) is 5.15 Å². The van der Waals surface area contributed by atoms with Gasteiger partial charge in [-0.15, -0.1) is 0 Å². The molecule has 0 saturated heterocycles. The minimum atomic E-state index is -0.0841. The van der Waals surface area contributed by atoms with Gasteiger partial charge in [-0.2, -0.15) is 0 Å². The van der Waals surface area contributed by atoms with Crippen molar-refractivity contribution < 1.29 is 4.79 Å². The quantitative estimate of drug-likeness (QED) is 0.605. The van der Waals surface area contributed by atoms with E-state index in [1.807, 2.05) is 0 Å². The highest BCUT2D eigenvalue weighted by molar-refractivity contribution is 6.29. The number of H-pyrrole nitrogens is 1. The molecule has 0 unspecified atom stereocenters. The van der Waals surface area contributed by atoms with Crippen molar-refractivity contribution in [3.63, 3.8) is 0 Å². The van der Waals surface area contributed by atoms with E-state index in [2.05, 4.69) is 9.97 Å². The van der Waals surface area contributed by atoms with Crippen LogP contribution in [0.5, 0.6) is 0 Å². The van der Waals surface area contributed by atoms with E-state index in [4.69, 9.17) is 11.6 Å². The van der Waals surface area contributed by atoms with Crippen molar-refractivity contribution in [3.8, 4) is 0 Å². The van der Waals surface area contributed by atoms with Crippen LogP contribution in [0.3, 0.4) is 0 Å². The summed E-state index contributed by atoms with van der Waals surface area (Å²) in [5.41, 5.74) is 1.07. The molecule has 70 valence electrons. The summed E-state index contributed by atoms with van der Waals surface area (Å²) >= 11 is 5.61. The second kappa shape index (κ2) is 3.64. The fraction of sp³-hybridized carbons (Fsp3) is 0. The maximum atomic E-state index is 11.7. The van der Waals surface area contributed by atoms with Gasteiger partial charge < -0.3 is 4.98 Å². The SMILES string of the molecule is O=C(c1ccc(Cl)nc1)c1ccc[nH]1. The first kappa shape index (κ1) is 8.97. The zero-order chi connectivity index (χ0) is 9.97. The van der Waals surface area contributed by atoms with Crippen LogP contribution >= 0.6 is 11.6 Å². The summed E-state index contributed by atoms with van der Waals surface area (Å²) in [6.07, 6.45) is 3.17. The average molecular weight is 207 g/mol. The Bertz CT molecular complexity index is 434. The van der Waals surface area contributed by atoms with E-state index in [0.717, 1.165) is 0 Å². The molecule has 0 spiro atoms. The lowest BCUT2D eigenvalue weighted by molar-refractivity contribution is 0.103. The summed E-state index contributed by atoms with van der Waals surface area (Å²) < 4.78 is 0. The standard InChI is InChI=1S/C10H7ClN2O/c11-9-4-3-7(6-13-9)10(14)8-2-1-5-12-8/h1-6,12H. The summed E-state index contributed by atoms with van der Waals surface area (Å²) in [7, 11) is 0. The second-order valence-corrected chi connectivity index (χ2v) is 3.17. The Labute approximate surface area is 85.7 Å². The van der Waals surface area contributed by atoms with Crippen LogP contribution in [0.15, 0.2) is 36.7 Å². The third-order valence-electron chi connectivity index (χ3n) is 1.83. The molecule has 2 rings (SSSR count). The van der Waals surface area contributed by atoms with Gasteiger partial charge in [-0.05, 0) is 24.3 Å². The topological polar surface area (TPSA) is 45.8 Å². The van der Waals surface area contributed by atoms with Gasteiger partial charge >= 0.3 is 0 Å². The maximum absolute atomic E-state index is 11.7. The van der Waals surface area contributed by atoms with E-state index in [1.165, 1.54) is 6.20 Å². The summed E-state index contributed by atoms with van der Waals surface area (Å²) in [4.78, 5) is 18.4. The highest BCUT2D eigenvalue weighted by Crippen LogP contribution is 2.09. The number of carbonyl (C=O) groups excluding carboxylic acids is 1. The number of nitrogens with one attached hydrogen (secondary N) is 1. The van der Waals surface area contributed by atoms with Crippen molar-refractivity contribution in [3.05, 3.63) is 53.1 Å². The molecule has 0 fully saturated rings. The molecule has 0 aliphatic rings. The molecular weight excluding hydrogens is 200 g/mol. The molecule has 0 amide bonds. The number of carbonyl (C=O) groups is 1. The first-order valence-corrected chi connectivity index (χ1v) is 4.45. The second-order valence-electron chi connectivity index (χ2n) is 2.78. The Hall–Kier alpha value is -1.61. The smallest absolute Gasteiger partial charge is 0.210 e. The molecule has 0 radical (unpaired) electrons. The molecule has 2 heterocycles. The van der Waals surface area contributed by atoms with Crippen LogP contribution < -0.4 is 0 Å². The normalized spacial score (nSPS) is 10.1. The Morgan fingerprint density at radius 2 is 2.21 bits per heavy atom. The zero-order valence-corrected chi connectivity index (χ0v) is 7.95. The summed E-state index contributed by atoms with van der Waals surface area (Å²) in [5.74, 6) is -0.0841. The Kier molecular flexibility index (Phi) is 2.33. The number of hydrogen-bond acceptors (Lipinski definition) is 2. The van der Waals surface area contributed by atoms with Crippen molar-refractivity contribution >= 4 is 17.4 Å². The van der Waals surface area contributed by atoms with E-state index in [-0.39, 0.29) is 5.78 Å². The number of ketones is 1. The highest BCUT2D eigenvalue weighted by atomic mass is 35.5. The number of pyridine rings is 1. The van der Waals surface area contributed by atoms with E-state index >= 15 is 0 Å². The lowest BCUT2D eigenvalue weighted by Gasteiger charge is -1.97. The number of halogens is 1. The van der Waals surface area contributed by atoms with E-state index in [0.29, 0.717) is 16.4 Å². The van der Waals surface area contributed by atoms with Gasteiger partial charge in [-0.3, -0.25) is 4.79 Å². The number of rotatable bonds is 2. The van der Waals surface area contributed by atoms with Crippen molar-refractivity contribution in [1.82, 2.24) is 9.97 Å². The Morgan fingerprint density at radius 1 is 1.36 bits per heavy atom. The minimum absolute atomic E-state index is 0.0841. The molecule has 0 bridgehead atoms. The molecule has 0 aromatic carbocycles. The Balaban J connectivity index is 2.33. The van der Waals surface area contributed by atoms with Gasteiger partial charge in [-0.1, -0.05) is 11.6 Å². The predicted octanol–water partition coefficient (Wildman–Crippen LogP) is 2.29. The van der Waals surface area contributed by atoms with Crippen LogP contribution in [0, 0.1) is 0 Å². The van der Waals surface area contributed by atoms with Crippen LogP contribution in [0.25, 0.3) is 0 Å². The number of hydrogen-bond donors (Lipinski definition) is 1. The first-order valence-electron chi connectivity index (χ1n) is 4.07. The predicted molar refractivity (Wildman–Crippen MR) is 53.5 cm³/mol. The van der Waals surface area contributed by atoms with Gasteiger partial charge in [0, 0.05) is 18.0 Å². The van der Waals surface area contributed by atoms with Crippen LogP contribution in [0.4, 0.5) is 0 Å². The van der Waals surface area contributed by atoms with Crippen LogP contribution in [-0.2, 0) is 0 Å². The maximum Gasteiger partial charge on any atom is 0.210 e. The molecule has 4 heteroatoms. The fourth-order valence-corrected chi connectivity index (χ4v) is 1.25. The lowest BCUT2D eigenvalue weighted by Crippen LogP contribution is -2.01. The van der Waals surface area contributed by atoms with E-state index in [9.17, 15) is 4.79 Å². The van der Waals surface area contributed by atoms with Crippen LogP contribution in [0.2, 0.25) is 5.15 Å². The molecule has 3 nitrogen and oxygen atoms in total. The van der Waals surface area contributed by atoms with Crippen LogP contribution in [-0.4, -0.2) is 15.8 Å². The average Bonchev–Trinajstić information content (AvgIpc) is 2.71. The third kappa shape index (κ3) is 1.67.